The molecule has 0 radical (unpaired) electrons. The van der Waals surface area contributed by atoms with Gasteiger partial charge in [-0.2, -0.15) is 0 Å². The molecule has 3 aromatic rings. The number of nitrogens with zero attached hydrogens (tertiary/aromatic N) is 2. The van der Waals surface area contributed by atoms with Crippen molar-refractivity contribution in [2.75, 3.05) is 5.32 Å². The smallest absolute Gasteiger partial charge is 0.221 e. The Labute approximate surface area is 154 Å². The van der Waals surface area contributed by atoms with E-state index in [2.05, 4.69) is 66.0 Å². The SMILES string of the molecule is CC(=O)Nc1ccc(N=Cc2cc(C)n(-c3cccc(C)c3)c2C)cc1. The highest BCUT2D eigenvalue weighted by Gasteiger charge is 2.09. The highest BCUT2D eigenvalue weighted by atomic mass is 16.1. The summed E-state index contributed by atoms with van der Waals surface area (Å²) in [5, 5.41) is 2.75. The van der Waals surface area contributed by atoms with E-state index in [1.165, 1.54) is 23.9 Å². The number of aromatic nitrogens is 1. The second kappa shape index (κ2) is 7.40. The van der Waals surface area contributed by atoms with Gasteiger partial charge in [-0.3, -0.25) is 9.79 Å². The van der Waals surface area contributed by atoms with E-state index in [-0.39, 0.29) is 5.91 Å². The minimum atomic E-state index is -0.0789. The maximum Gasteiger partial charge on any atom is 0.221 e. The molecule has 0 aliphatic carbocycles. The third-order valence-electron chi connectivity index (χ3n) is 4.27. The van der Waals surface area contributed by atoms with Crippen LogP contribution in [0, 0.1) is 20.8 Å². The van der Waals surface area contributed by atoms with Crippen molar-refractivity contribution < 1.29 is 4.79 Å². The zero-order valence-corrected chi connectivity index (χ0v) is 15.6. The average Bonchev–Trinajstić information content (AvgIpc) is 2.87. The van der Waals surface area contributed by atoms with Gasteiger partial charge in [-0.05, 0) is 68.8 Å². The number of aryl methyl sites for hydroxylation is 2. The van der Waals surface area contributed by atoms with Crippen LogP contribution in [-0.4, -0.2) is 16.7 Å². The predicted octanol–water partition coefficient (Wildman–Crippen LogP) is 5.11. The zero-order chi connectivity index (χ0) is 18.7. The molecule has 0 atom stereocenters. The Morgan fingerprint density at radius 2 is 1.77 bits per heavy atom. The summed E-state index contributed by atoms with van der Waals surface area (Å²) in [5.74, 6) is -0.0789. The van der Waals surface area contributed by atoms with Crippen molar-refractivity contribution in [2.45, 2.75) is 27.7 Å². The summed E-state index contributed by atoms with van der Waals surface area (Å²) in [6, 6.07) is 18.1. The largest absolute Gasteiger partial charge is 0.326 e. The standard InChI is InChI=1S/C22H23N3O/c1-15-6-5-7-22(12-15)25-16(2)13-19(17(25)3)14-23-20-8-10-21(11-9-20)24-18(4)26/h5-14H,1-4H3,(H,24,26). The second-order valence-corrected chi connectivity index (χ2v) is 6.49. The van der Waals surface area contributed by atoms with E-state index in [0.29, 0.717) is 0 Å². The van der Waals surface area contributed by atoms with Crippen LogP contribution in [0.4, 0.5) is 11.4 Å². The molecule has 132 valence electrons. The molecule has 0 unspecified atom stereocenters. The Morgan fingerprint density at radius 3 is 2.42 bits per heavy atom. The zero-order valence-electron chi connectivity index (χ0n) is 15.6. The molecule has 0 saturated heterocycles. The number of carbonyl (C=O) groups excluding carboxylic acids is 1. The van der Waals surface area contributed by atoms with Crippen LogP contribution in [0.2, 0.25) is 0 Å². The number of aliphatic imine (C=N–C) groups is 1. The number of rotatable bonds is 4. The van der Waals surface area contributed by atoms with Gasteiger partial charge in [0, 0.05) is 41.5 Å². The van der Waals surface area contributed by atoms with Gasteiger partial charge < -0.3 is 9.88 Å². The first-order valence-corrected chi connectivity index (χ1v) is 8.62. The van der Waals surface area contributed by atoms with Crippen molar-refractivity contribution in [3.63, 3.8) is 0 Å². The predicted molar refractivity (Wildman–Crippen MR) is 108 cm³/mol. The average molecular weight is 345 g/mol. The van der Waals surface area contributed by atoms with E-state index in [1.54, 1.807) is 0 Å². The van der Waals surface area contributed by atoms with Gasteiger partial charge in [0.15, 0.2) is 0 Å². The molecule has 0 bridgehead atoms. The van der Waals surface area contributed by atoms with Gasteiger partial charge >= 0.3 is 0 Å². The molecule has 3 rings (SSSR count). The lowest BCUT2D eigenvalue weighted by atomic mass is 10.2. The first-order chi connectivity index (χ1) is 12.4. The molecular weight excluding hydrogens is 322 g/mol. The second-order valence-electron chi connectivity index (χ2n) is 6.49. The van der Waals surface area contributed by atoms with Crippen molar-refractivity contribution in [3.05, 3.63) is 77.1 Å². The van der Waals surface area contributed by atoms with Crippen LogP contribution in [0.5, 0.6) is 0 Å². The summed E-state index contributed by atoms with van der Waals surface area (Å²) in [5.41, 5.74) is 7.45. The van der Waals surface area contributed by atoms with Crippen LogP contribution in [0.1, 0.15) is 29.4 Å². The maximum atomic E-state index is 11.1. The van der Waals surface area contributed by atoms with Crippen LogP contribution in [-0.2, 0) is 4.79 Å². The molecule has 2 aromatic carbocycles. The Balaban J connectivity index is 1.85. The lowest BCUT2D eigenvalue weighted by molar-refractivity contribution is -0.114. The molecule has 1 amide bonds. The van der Waals surface area contributed by atoms with Gasteiger partial charge in [-0.1, -0.05) is 12.1 Å². The minimum Gasteiger partial charge on any atom is -0.326 e. The molecule has 0 saturated carbocycles. The van der Waals surface area contributed by atoms with E-state index in [9.17, 15) is 4.79 Å². The normalized spacial score (nSPS) is 11.1. The van der Waals surface area contributed by atoms with E-state index in [4.69, 9.17) is 0 Å². The van der Waals surface area contributed by atoms with Crippen molar-refractivity contribution in [3.8, 4) is 5.69 Å². The van der Waals surface area contributed by atoms with E-state index < -0.39 is 0 Å². The number of nitrogens with one attached hydrogen (secondary N) is 1. The third kappa shape index (κ3) is 3.91. The van der Waals surface area contributed by atoms with Gasteiger partial charge in [0.1, 0.15) is 0 Å². The van der Waals surface area contributed by atoms with Gasteiger partial charge in [-0.15, -0.1) is 0 Å². The van der Waals surface area contributed by atoms with Crippen LogP contribution < -0.4 is 5.32 Å². The van der Waals surface area contributed by atoms with Crippen LogP contribution in [0.3, 0.4) is 0 Å². The third-order valence-corrected chi connectivity index (χ3v) is 4.27. The fraction of sp³-hybridized carbons (Fsp3) is 0.182. The van der Waals surface area contributed by atoms with E-state index in [1.807, 2.05) is 30.5 Å². The molecule has 4 nitrogen and oxygen atoms in total. The molecule has 1 aromatic heterocycles. The highest BCUT2D eigenvalue weighted by molar-refractivity contribution is 5.89. The molecule has 4 heteroatoms. The molecule has 0 aliphatic rings. The molecule has 26 heavy (non-hydrogen) atoms. The molecule has 1 heterocycles. The van der Waals surface area contributed by atoms with Crippen LogP contribution >= 0.6 is 0 Å². The molecule has 0 fully saturated rings. The monoisotopic (exact) mass is 345 g/mol. The summed E-state index contributed by atoms with van der Waals surface area (Å²) >= 11 is 0. The maximum absolute atomic E-state index is 11.1. The van der Waals surface area contributed by atoms with E-state index in [0.717, 1.165) is 22.6 Å². The fourth-order valence-corrected chi connectivity index (χ4v) is 3.06. The van der Waals surface area contributed by atoms with Crippen molar-refractivity contribution >= 4 is 23.5 Å². The number of benzene rings is 2. The van der Waals surface area contributed by atoms with Crippen LogP contribution in [0.25, 0.3) is 5.69 Å². The van der Waals surface area contributed by atoms with Crippen molar-refractivity contribution in [1.29, 1.82) is 0 Å². The number of hydrogen-bond acceptors (Lipinski definition) is 2. The first-order valence-electron chi connectivity index (χ1n) is 8.62. The summed E-state index contributed by atoms with van der Waals surface area (Å²) in [6.07, 6.45) is 1.89. The lowest BCUT2D eigenvalue weighted by Crippen LogP contribution is -2.04. The van der Waals surface area contributed by atoms with Gasteiger partial charge in [0.05, 0.1) is 5.69 Å². The van der Waals surface area contributed by atoms with Crippen molar-refractivity contribution in [2.24, 2.45) is 4.99 Å². The highest BCUT2D eigenvalue weighted by Crippen LogP contribution is 2.22. The lowest BCUT2D eigenvalue weighted by Gasteiger charge is -2.10. The van der Waals surface area contributed by atoms with Crippen LogP contribution in [0.15, 0.2) is 59.6 Å². The number of anilines is 1. The minimum absolute atomic E-state index is 0.0789. The summed E-state index contributed by atoms with van der Waals surface area (Å²) in [6.45, 7) is 7.81. The van der Waals surface area contributed by atoms with Crippen molar-refractivity contribution in [1.82, 2.24) is 4.57 Å². The fourth-order valence-electron chi connectivity index (χ4n) is 3.06. The van der Waals surface area contributed by atoms with Gasteiger partial charge in [0.25, 0.3) is 0 Å². The Bertz CT molecular complexity index is 966. The summed E-state index contributed by atoms with van der Waals surface area (Å²) < 4.78 is 2.24. The first kappa shape index (κ1) is 17.7. The van der Waals surface area contributed by atoms with Gasteiger partial charge in [-0.25, -0.2) is 0 Å². The summed E-state index contributed by atoms with van der Waals surface area (Å²) in [4.78, 5) is 15.6. The number of carbonyl (C=O) groups is 1. The number of hydrogen-bond donors (Lipinski definition) is 1. The Hall–Kier alpha value is -3.14. The van der Waals surface area contributed by atoms with E-state index >= 15 is 0 Å². The molecular formula is C22H23N3O. The molecule has 1 N–H and O–H groups in total. The topological polar surface area (TPSA) is 46.4 Å². The number of amides is 1. The summed E-state index contributed by atoms with van der Waals surface area (Å²) in [7, 11) is 0. The molecule has 0 spiro atoms. The quantitative estimate of drug-likeness (QED) is 0.656. The Morgan fingerprint density at radius 1 is 1.04 bits per heavy atom. The Kier molecular flexibility index (Phi) is 5.03. The molecule has 0 aliphatic heterocycles. The van der Waals surface area contributed by atoms with Gasteiger partial charge in [0.2, 0.25) is 5.91 Å².